The molecule has 142 valence electrons. The van der Waals surface area contributed by atoms with Crippen LogP contribution in [0.15, 0.2) is 89.6 Å². The molecule has 5 heteroatoms. The molecule has 1 aliphatic rings. The fourth-order valence-electron chi connectivity index (χ4n) is 3.12. The van der Waals surface area contributed by atoms with Crippen LogP contribution in [-0.4, -0.2) is 17.5 Å². The van der Waals surface area contributed by atoms with Crippen molar-refractivity contribution in [1.82, 2.24) is 0 Å². The van der Waals surface area contributed by atoms with Crippen molar-refractivity contribution in [3.05, 3.63) is 107 Å². The van der Waals surface area contributed by atoms with Gasteiger partial charge in [-0.1, -0.05) is 48.5 Å². The van der Waals surface area contributed by atoms with Gasteiger partial charge in [-0.05, 0) is 43.3 Å². The number of rotatable bonds is 4. The van der Waals surface area contributed by atoms with Crippen LogP contribution in [0.4, 0.5) is 10.1 Å². The molecule has 1 amide bonds. The van der Waals surface area contributed by atoms with Crippen molar-refractivity contribution in [1.29, 1.82) is 0 Å². The fraction of sp³-hybridized carbons (Fsp3) is 0.0417. The van der Waals surface area contributed by atoms with E-state index >= 15 is 0 Å². The van der Waals surface area contributed by atoms with Crippen LogP contribution < -0.4 is 4.90 Å². The summed E-state index contributed by atoms with van der Waals surface area (Å²) in [5.74, 6) is -0.383. The number of benzene rings is 3. The van der Waals surface area contributed by atoms with Crippen LogP contribution in [0.5, 0.6) is 0 Å². The molecular formula is C24H17FN2O2. The first-order chi connectivity index (χ1) is 14.0. The highest BCUT2D eigenvalue weighted by Crippen LogP contribution is 2.28. The molecule has 4 nitrogen and oxygen atoms in total. The largest absolute Gasteiger partial charge is 0.295 e. The summed E-state index contributed by atoms with van der Waals surface area (Å²) in [6, 6.07) is 22.3. The lowest BCUT2D eigenvalue weighted by molar-refractivity contribution is -0.113. The third kappa shape index (κ3) is 3.62. The summed E-state index contributed by atoms with van der Waals surface area (Å²) in [6.45, 7) is 1.49. The maximum absolute atomic E-state index is 14.1. The van der Waals surface area contributed by atoms with Gasteiger partial charge >= 0.3 is 0 Å². The number of aliphatic imine (C=N–C) groups is 1. The van der Waals surface area contributed by atoms with Crippen molar-refractivity contribution in [3.8, 4) is 0 Å². The zero-order valence-corrected chi connectivity index (χ0v) is 15.7. The quantitative estimate of drug-likeness (QED) is 0.476. The first kappa shape index (κ1) is 18.5. The minimum Gasteiger partial charge on any atom is -0.295 e. The summed E-state index contributed by atoms with van der Waals surface area (Å²) in [6.07, 6.45) is 1.45. The number of hydrogen-bond donors (Lipinski definition) is 0. The minimum absolute atomic E-state index is 0.0543. The zero-order valence-electron chi connectivity index (χ0n) is 15.7. The number of anilines is 1. The third-order valence-corrected chi connectivity index (χ3v) is 4.62. The second-order valence-electron chi connectivity index (χ2n) is 6.60. The molecule has 0 bridgehead atoms. The van der Waals surface area contributed by atoms with Crippen LogP contribution in [0, 0.1) is 5.82 Å². The number of ketones is 1. The smallest absolute Gasteiger partial charge is 0.282 e. The van der Waals surface area contributed by atoms with Gasteiger partial charge in [-0.25, -0.2) is 9.38 Å². The first-order valence-corrected chi connectivity index (χ1v) is 9.10. The normalized spacial score (nSPS) is 15.0. The van der Waals surface area contributed by atoms with E-state index in [1.165, 1.54) is 24.0 Å². The Balaban J connectivity index is 1.81. The highest BCUT2D eigenvalue weighted by atomic mass is 19.1. The van der Waals surface area contributed by atoms with E-state index in [4.69, 9.17) is 0 Å². The Bertz CT molecular complexity index is 1150. The zero-order chi connectivity index (χ0) is 20.4. The van der Waals surface area contributed by atoms with Gasteiger partial charge in [0.1, 0.15) is 17.3 Å². The monoisotopic (exact) mass is 384 g/mol. The second kappa shape index (κ2) is 7.64. The second-order valence-corrected chi connectivity index (χ2v) is 6.60. The average molecular weight is 384 g/mol. The molecule has 0 aliphatic carbocycles. The van der Waals surface area contributed by atoms with Crippen molar-refractivity contribution in [2.75, 3.05) is 4.90 Å². The van der Waals surface area contributed by atoms with E-state index in [9.17, 15) is 14.0 Å². The van der Waals surface area contributed by atoms with Gasteiger partial charge in [0, 0.05) is 16.7 Å². The Labute approximate surface area is 167 Å². The average Bonchev–Trinajstić information content (AvgIpc) is 3.06. The van der Waals surface area contributed by atoms with Crippen molar-refractivity contribution in [3.63, 3.8) is 0 Å². The van der Waals surface area contributed by atoms with Crippen molar-refractivity contribution in [2.45, 2.75) is 6.92 Å². The predicted molar refractivity (Wildman–Crippen MR) is 111 cm³/mol. The van der Waals surface area contributed by atoms with Crippen LogP contribution >= 0.6 is 0 Å². The van der Waals surface area contributed by atoms with Gasteiger partial charge in [0.05, 0.1) is 5.69 Å². The van der Waals surface area contributed by atoms with Gasteiger partial charge < -0.3 is 0 Å². The van der Waals surface area contributed by atoms with Crippen molar-refractivity contribution >= 4 is 29.3 Å². The van der Waals surface area contributed by atoms with Crippen molar-refractivity contribution in [2.24, 2.45) is 4.99 Å². The Hall–Kier alpha value is -3.86. The van der Waals surface area contributed by atoms with E-state index in [-0.39, 0.29) is 17.4 Å². The number of amidine groups is 1. The summed E-state index contributed by atoms with van der Waals surface area (Å²) in [7, 11) is 0. The molecule has 0 radical (unpaired) electrons. The molecule has 1 heterocycles. The maximum atomic E-state index is 14.1. The van der Waals surface area contributed by atoms with E-state index in [1.807, 2.05) is 30.3 Å². The minimum atomic E-state index is -0.423. The van der Waals surface area contributed by atoms with Gasteiger partial charge in [-0.15, -0.1) is 0 Å². The SMILES string of the molecule is CC(=O)c1ccc(N2C(=O)/C(=C/c3ccccc3F)N=C2c2ccccc2)cc1. The molecule has 0 N–H and O–H groups in total. The van der Waals surface area contributed by atoms with Gasteiger partial charge in [-0.2, -0.15) is 0 Å². The lowest BCUT2D eigenvalue weighted by atomic mass is 10.1. The number of Topliss-reactive ketones (excluding diaryl/α,β-unsaturated/α-hetero) is 1. The standard InChI is InChI=1S/C24H17FN2O2/c1-16(28)17-11-13-20(14-12-17)27-23(18-7-3-2-4-8-18)26-22(24(27)29)15-19-9-5-6-10-21(19)25/h2-15H,1H3/b22-15-. The number of hydrogen-bond acceptors (Lipinski definition) is 3. The third-order valence-electron chi connectivity index (χ3n) is 4.62. The topological polar surface area (TPSA) is 49.7 Å². The summed E-state index contributed by atoms with van der Waals surface area (Å²) < 4.78 is 14.1. The number of nitrogens with zero attached hydrogens (tertiary/aromatic N) is 2. The van der Waals surface area contributed by atoms with Crippen LogP contribution in [-0.2, 0) is 4.79 Å². The molecule has 0 saturated carbocycles. The van der Waals surface area contributed by atoms with Crippen LogP contribution in [0.25, 0.3) is 6.08 Å². The molecule has 0 atom stereocenters. The first-order valence-electron chi connectivity index (χ1n) is 9.10. The molecule has 0 aromatic heterocycles. The highest BCUT2D eigenvalue weighted by molar-refractivity contribution is 6.33. The van der Waals surface area contributed by atoms with E-state index in [0.717, 1.165) is 5.56 Å². The highest BCUT2D eigenvalue weighted by Gasteiger charge is 2.32. The Morgan fingerprint density at radius 1 is 0.931 bits per heavy atom. The summed E-state index contributed by atoms with van der Waals surface area (Å²) >= 11 is 0. The summed E-state index contributed by atoms with van der Waals surface area (Å²) in [5, 5.41) is 0. The number of carbonyl (C=O) groups excluding carboxylic acids is 2. The number of amides is 1. The Morgan fingerprint density at radius 2 is 1.59 bits per heavy atom. The predicted octanol–water partition coefficient (Wildman–Crippen LogP) is 4.86. The lowest BCUT2D eigenvalue weighted by Crippen LogP contribution is -2.32. The maximum Gasteiger partial charge on any atom is 0.282 e. The fourth-order valence-corrected chi connectivity index (χ4v) is 3.12. The van der Waals surface area contributed by atoms with Crippen LogP contribution in [0.3, 0.4) is 0 Å². The molecule has 4 rings (SSSR count). The van der Waals surface area contributed by atoms with Crippen molar-refractivity contribution < 1.29 is 14.0 Å². The van der Waals surface area contributed by atoms with E-state index in [0.29, 0.717) is 22.6 Å². The lowest BCUT2D eigenvalue weighted by Gasteiger charge is -2.18. The Morgan fingerprint density at radius 3 is 2.24 bits per heavy atom. The van der Waals surface area contributed by atoms with Gasteiger partial charge in [0.2, 0.25) is 0 Å². The van der Waals surface area contributed by atoms with E-state index < -0.39 is 5.82 Å². The summed E-state index contributed by atoms with van der Waals surface area (Å²) in [5.41, 5.74) is 2.33. The van der Waals surface area contributed by atoms with E-state index in [2.05, 4.69) is 4.99 Å². The molecule has 1 aliphatic heterocycles. The van der Waals surface area contributed by atoms with E-state index in [1.54, 1.807) is 42.5 Å². The molecule has 0 fully saturated rings. The van der Waals surface area contributed by atoms with Crippen LogP contribution in [0.1, 0.15) is 28.4 Å². The molecule has 3 aromatic rings. The molecule has 29 heavy (non-hydrogen) atoms. The molecule has 0 unspecified atom stereocenters. The number of halogens is 1. The Kier molecular flexibility index (Phi) is 4.87. The molecule has 3 aromatic carbocycles. The molecular weight excluding hydrogens is 367 g/mol. The van der Waals surface area contributed by atoms with Gasteiger partial charge in [-0.3, -0.25) is 14.5 Å². The number of carbonyl (C=O) groups is 2. The molecule has 0 saturated heterocycles. The molecule has 0 spiro atoms. The van der Waals surface area contributed by atoms with Gasteiger partial charge in [0.15, 0.2) is 5.78 Å². The van der Waals surface area contributed by atoms with Crippen LogP contribution in [0.2, 0.25) is 0 Å². The summed E-state index contributed by atoms with van der Waals surface area (Å²) in [4.78, 5) is 30.7. The van der Waals surface area contributed by atoms with Gasteiger partial charge in [0.25, 0.3) is 5.91 Å².